The summed E-state index contributed by atoms with van der Waals surface area (Å²) in [5, 5.41) is 0.992. The highest BCUT2D eigenvalue weighted by atomic mass is 32.1. The molecule has 0 saturated carbocycles. The number of hydrogen-bond donors (Lipinski definition) is 0. The monoisotopic (exact) mass is 422 g/mol. The SMILES string of the molecule is Cc1cccc(N2CCN(CC(=O)N(C)[C@@H](C)c3nc4ccccc4s3)CC2)c1C. The number of piperazine rings is 1. The molecule has 2 aromatic carbocycles. The van der Waals surface area contributed by atoms with Crippen LogP contribution in [0.25, 0.3) is 10.2 Å². The topological polar surface area (TPSA) is 39.7 Å². The van der Waals surface area contributed by atoms with Crippen molar-refractivity contribution in [3.8, 4) is 0 Å². The Morgan fingerprint density at radius 2 is 1.83 bits per heavy atom. The van der Waals surface area contributed by atoms with Crippen LogP contribution in [0.3, 0.4) is 0 Å². The van der Waals surface area contributed by atoms with Crippen LogP contribution in [-0.4, -0.2) is 60.5 Å². The van der Waals surface area contributed by atoms with Gasteiger partial charge in [0.15, 0.2) is 0 Å². The Morgan fingerprint density at radius 1 is 1.10 bits per heavy atom. The number of anilines is 1. The van der Waals surface area contributed by atoms with Gasteiger partial charge in [-0.1, -0.05) is 24.3 Å². The number of carbonyl (C=O) groups excluding carboxylic acids is 1. The zero-order valence-electron chi connectivity index (χ0n) is 18.3. The quantitative estimate of drug-likeness (QED) is 0.616. The lowest BCUT2D eigenvalue weighted by atomic mass is 10.1. The second-order valence-electron chi connectivity index (χ2n) is 8.18. The van der Waals surface area contributed by atoms with Crippen LogP contribution in [0.4, 0.5) is 5.69 Å². The van der Waals surface area contributed by atoms with Gasteiger partial charge in [-0.05, 0) is 50.1 Å². The third-order valence-corrected chi connectivity index (χ3v) is 7.50. The molecule has 30 heavy (non-hydrogen) atoms. The van der Waals surface area contributed by atoms with Crippen LogP contribution in [0.1, 0.15) is 29.1 Å². The summed E-state index contributed by atoms with van der Waals surface area (Å²) in [5.41, 5.74) is 5.01. The van der Waals surface area contributed by atoms with Crippen LogP contribution >= 0.6 is 11.3 Å². The Morgan fingerprint density at radius 3 is 2.57 bits per heavy atom. The van der Waals surface area contributed by atoms with E-state index in [-0.39, 0.29) is 11.9 Å². The van der Waals surface area contributed by atoms with Crippen LogP contribution in [0, 0.1) is 13.8 Å². The van der Waals surface area contributed by atoms with Crippen LogP contribution in [0.5, 0.6) is 0 Å². The molecule has 1 fully saturated rings. The Kier molecular flexibility index (Phi) is 6.06. The van der Waals surface area contributed by atoms with Crippen molar-refractivity contribution in [2.45, 2.75) is 26.8 Å². The standard InChI is InChI=1S/C24H30N4OS/c1-17-8-7-10-21(18(17)2)28-14-12-27(13-15-28)16-23(29)26(4)19(3)24-25-20-9-5-6-11-22(20)30-24/h5-11,19H,12-16H2,1-4H3/t19-/m0/s1. The molecule has 1 aliphatic heterocycles. The van der Waals surface area contributed by atoms with Crippen molar-refractivity contribution < 1.29 is 4.79 Å². The highest BCUT2D eigenvalue weighted by molar-refractivity contribution is 7.18. The molecule has 0 spiro atoms. The van der Waals surface area contributed by atoms with Gasteiger partial charge in [-0.25, -0.2) is 4.98 Å². The fraction of sp³-hybridized carbons (Fsp3) is 0.417. The number of aryl methyl sites for hydroxylation is 1. The molecule has 1 aliphatic rings. The molecule has 6 heteroatoms. The molecule has 0 radical (unpaired) electrons. The van der Waals surface area contributed by atoms with Gasteiger partial charge < -0.3 is 9.80 Å². The van der Waals surface area contributed by atoms with Gasteiger partial charge in [0.25, 0.3) is 0 Å². The summed E-state index contributed by atoms with van der Waals surface area (Å²) < 4.78 is 1.17. The number of amides is 1. The van der Waals surface area contributed by atoms with Gasteiger partial charge in [-0.2, -0.15) is 0 Å². The molecule has 0 bridgehead atoms. The highest BCUT2D eigenvalue weighted by Crippen LogP contribution is 2.29. The number of rotatable bonds is 5. The molecule has 3 aromatic rings. The van der Waals surface area contributed by atoms with E-state index < -0.39 is 0 Å². The first-order chi connectivity index (χ1) is 14.4. The summed E-state index contributed by atoms with van der Waals surface area (Å²) in [4.78, 5) is 24.2. The van der Waals surface area contributed by atoms with E-state index in [1.54, 1.807) is 11.3 Å². The summed E-state index contributed by atoms with van der Waals surface area (Å²) in [6.07, 6.45) is 0. The molecule has 1 aromatic heterocycles. The molecular formula is C24H30N4OS. The second-order valence-corrected chi connectivity index (χ2v) is 9.24. The predicted molar refractivity (Wildman–Crippen MR) is 125 cm³/mol. The van der Waals surface area contributed by atoms with E-state index in [9.17, 15) is 4.79 Å². The summed E-state index contributed by atoms with van der Waals surface area (Å²) in [6, 6.07) is 14.6. The first kappa shape index (κ1) is 20.8. The van der Waals surface area contributed by atoms with E-state index in [0.29, 0.717) is 6.54 Å². The Labute approximate surface area is 182 Å². The number of aromatic nitrogens is 1. The predicted octanol–water partition coefficient (Wildman–Crippen LogP) is 4.25. The Bertz CT molecular complexity index is 1010. The van der Waals surface area contributed by atoms with E-state index in [2.05, 4.69) is 54.8 Å². The minimum Gasteiger partial charge on any atom is -0.369 e. The molecule has 0 unspecified atom stereocenters. The molecule has 0 N–H and O–H groups in total. The van der Waals surface area contributed by atoms with E-state index in [0.717, 1.165) is 36.7 Å². The number of likely N-dealkylation sites (N-methyl/N-ethyl adjacent to an activating group) is 1. The summed E-state index contributed by atoms with van der Waals surface area (Å²) in [6.45, 7) is 10.6. The molecule has 1 amide bonds. The van der Waals surface area contributed by atoms with Gasteiger partial charge >= 0.3 is 0 Å². The fourth-order valence-corrected chi connectivity index (χ4v) is 5.04. The number of thiazole rings is 1. The lowest BCUT2D eigenvalue weighted by molar-refractivity contribution is -0.133. The molecule has 1 saturated heterocycles. The summed E-state index contributed by atoms with van der Waals surface area (Å²) in [5.74, 6) is 0.155. The van der Waals surface area contributed by atoms with Crippen LogP contribution in [0.15, 0.2) is 42.5 Å². The second kappa shape index (κ2) is 8.74. The van der Waals surface area contributed by atoms with Crippen molar-refractivity contribution in [1.29, 1.82) is 0 Å². The normalized spacial score (nSPS) is 16.1. The van der Waals surface area contributed by atoms with Crippen LogP contribution in [0.2, 0.25) is 0 Å². The van der Waals surface area contributed by atoms with E-state index in [4.69, 9.17) is 4.98 Å². The van der Waals surface area contributed by atoms with E-state index >= 15 is 0 Å². The van der Waals surface area contributed by atoms with Crippen molar-refractivity contribution in [2.75, 3.05) is 44.7 Å². The Balaban J connectivity index is 1.34. The zero-order valence-corrected chi connectivity index (χ0v) is 19.1. The minimum absolute atomic E-state index is 0.0221. The molecule has 1 atom stereocenters. The fourth-order valence-electron chi connectivity index (χ4n) is 3.98. The Hall–Kier alpha value is -2.44. The average Bonchev–Trinajstić information content (AvgIpc) is 3.19. The average molecular weight is 423 g/mol. The van der Waals surface area contributed by atoms with Crippen molar-refractivity contribution in [2.24, 2.45) is 0 Å². The van der Waals surface area contributed by atoms with Crippen LogP contribution < -0.4 is 4.90 Å². The van der Waals surface area contributed by atoms with Gasteiger partial charge in [0, 0.05) is 38.9 Å². The van der Waals surface area contributed by atoms with Gasteiger partial charge in [-0.15, -0.1) is 11.3 Å². The maximum atomic E-state index is 12.9. The van der Waals surface area contributed by atoms with E-state index in [1.165, 1.54) is 21.5 Å². The van der Waals surface area contributed by atoms with Crippen molar-refractivity contribution in [3.05, 3.63) is 58.6 Å². The third-order valence-electron chi connectivity index (χ3n) is 6.29. The van der Waals surface area contributed by atoms with Crippen molar-refractivity contribution >= 4 is 33.1 Å². The molecular weight excluding hydrogens is 392 g/mol. The lowest BCUT2D eigenvalue weighted by Gasteiger charge is -2.37. The smallest absolute Gasteiger partial charge is 0.237 e. The summed E-state index contributed by atoms with van der Waals surface area (Å²) in [7, 11) is 1.89. The lowest BCUT2D eigenvalue weighted by Crippen LogP contribution is -2.50. The highest BCUT2D eigenvalue weighted by Gasteiger charge is 2.25. The van der Waals surface area contributed by atoms with Gasteiger partial charge in [0.2, 0.25) is 5.91 Å². The zero-order chi connectivity index (χ0) is 21.3. The number of carbonyl (C=O) groups is 1. The molecule has 5 nitrogen and oxygen atoms in total. The number of benzene rings is 2. The molecule has 158 valence electrons. The van der Waals surface area contributed by atoms with Gasteiger partial charge in [0.1, 0.15) is 5.01 Å². The minimum atomic E-state index is -0.0221. The van der Waals surface area contributed by atoms with E-state index in [1.807, 2.05) is 30.1 Å². The molecule has 0 aliphatic carbocycles. The van der Waals surface area contributed by atoms with Gasteiger partial charge in [0.05, 0.1) is 22.8 Å². The maximum Gasteiger partial charge on any atom is 0.237 e. The first-order valence-corrected chi connectivity index (χ1v) is 11.4. The molecule has 2 heterocycles. The third kappa shape index (κ3) is 4.20. The first-order valence-electron chi connectivity index (χ1n) is 10.6. The largest absolute Gasteiger partial charge is 0.369 e. The van der Waals surface area contributed by atoms with Crippen molar-refractivity contribution in [1.82, 2.24) is 14.8 Å². The number of nitrogens with zero attached hydrogens (tertiary/aromatic N) is 4. The summed E-state index contributed by atoms with van der Waals surface area (Å²) >= 11 is 1.67. The maximum absolute atomic E-state index is 12.9. The van der Waals surface area contributed by atoms with Crippen LogP contribution in [-0.2, 0) is 4.79 Å². The number of fused-ring (bicyclic) bond motifs is 1. The van der Waals surface area contributed by atoms with Gasteiger partial charge in [-0.3, -0.25) is 9.69 Å². The molecule has 4 rings (SSSR count). The van der Waals surface area contributed by atoms with Crippen molar-refractivity contribution in [3.63, 3.8) is 0 Å². The number of hydrogen-bond acceptors (Lipinski definition) is 5. The number of para-hydroxylation sites is 1.